The molecule has 0 spiro atoms. The maximum absolute atomic E-state index is 13.5. The van der Waals surface area contributed by atoms with Crippen LogP contribution in [0.4, 0.5) is 9.18 Å². The van der Waals surface area contributed by atoms with Crippen molar-refractivity contribution in [3.05, 3.63) is 91.6 Å². The van der Waals surface area contributed by atoms with Gasteiger partial charge in [-0.1, -0.05) is 25.1 Å². The average Bonchev–Trinajstić information content (AvgIpc) is 2.92. The van der Waals surface area contributed by atoms with Gasteiger partial charge >= 0.3 is 6.03 Å². The van der Waals surface area contributed by atoms with Crippen molar-refractivity contribution < 1.29 is 33.0 Å². The van der Waals surface area contributed by atoms with Gasteiger partial charge in [-0.15, -0.1) is 0 Å². The summed E-state index contributed by atoms with van der Waals surface area (Å²) in [4.78, 5) is 39.6. The molecule has 0 aromatic heterocycles. The van der Waals surface area contributed by atoms with Crippen LogP contribution in [0.1, 0.15) is 37.0 Å². The number of carbonyl (C=O) groups excluding carboxylic acids is 3. The predicted molar refractivity (Wildman–Crippen MR) is 158 cm³/mol. The van der Waals surface area contributed by atoms with E-state index in [1.807, 2.05) is 13.8 Å². The van der Waals surface area contributed by atoms with Gasteiger partial charge in [0, 0.05) is 0 Å². The molecule has 0 saturated carbocycles. The Bertz CT molecular complexity index is 1490. The number of nitrogens with zero attached hydrogens (tertiary/aromatic N) is 1. The largest absolute Gasteiger partial charge is 0.490 e. The van der Waals surface area contributed by atoms with Crippen LogP contribution in [0.25, 0.3) is 6.08 Å². The fourth-order valence-electron chi connectivity index (χ4n) is 4.02. The SMILES string of the molecule is CCCOc1ccc(CN2C(=O)NC(=O)/C(=C\c3cc(Br)c(OCc4cccc(F)c4)c(Br)c3)C2=O)cc1OCC. The van der Waals surface area contributed by atoms with Gasteiger partial charge in [0.2, 0.25) is 0 Å². The minimum atomic E-state index is -0.815. The molecule has 1 saturated heterocycles. The molecule has 4 rings (SSSR count). The molecule has 4 amide bonds. The van der Waals surface area contributed by atoms with Crippen molar-refractivity contribution in [3.8, 4) is 17.2 Å². The highest BCUT2D eigenvalue weighted by molar-refractivity contribution is 9.11. The molecule has 3 aromatic carbocycles. The van der Waals surface area contributed by atoms with E-state index in [0.717, 1.165) is 11.3 Å². The Morgan fingerprint density at radius 2 is 1.66 bits per heavy atom. The first-order chi connectivity index (χ1) is 19.7. The van der Waals surface area contributed by atoms with Gasteiger partial charge in [-0.3, -0.25) is 19.8 Å². The number of ether oxygens (including phenoxy) is 3. The molecule has 0 bridgehead atoms. The Kier molecular flexibility index (Phi) is 10.2. The number of benzene rings is 3. The minimum absolute atomic E-state index is 0.0797. The van der Waals surface area contributed by atoms with Crippen molar-refractivity contribution >= 4 is 55.8 Å². The highest BCUT2D eigenvalue weighted by Gasteiger charge is 2.36. The number of nitrogens with one attached hydrogen (secondary N) is 1. The second-order valence-corrected chi connectivity index (χ2v) is 10.7. The summed E-state index contributed by atoms with van der Waals surface area (Å²) in [5.41, 5.74) is 1.58. The van der Waals surface area contributed by atoms with Crippen LogP contribution in [0.3, 0.4) is 0 Å². The number of rotatable bonds is 11. The Hall–Kier alpha value is -3.70. The van der Waals surface area contributed by atoms with E-state index < -0.39 is 17.8 Å². The quantitative estimate of drug-likeness (QED) is 0.176. The molecule has 0 radical (unpaired) electrons. The van der Waals surface area contributed by atoms with Crippen LogP contribution < -0.4 is 19.5 Å². The van der Waals surface area contributed by atoms with E-state index in [9.17, 15) is 18.8 Å². The molecule has 1 aliphatic heterocycles. The number of hydrogen-bond donors (Lipinski definition) is 1. The van der Waals surface area contributed by atoms with E-state index in [0.29, 0.717) is 56.1 Å². The van der Waals surface area contributed by atoms with Crippen LogP contribution in [0, 0.1) is 5.82 Å². The molecule has 1 aliphatic rings. The third-order valence-electron chi connectivity index (χ3n) is 5.90. The normalized spacial score (nSPS) is 14.3. The summed E-state index contributed by atoms with van der Waals surface area (Å²) in [6.07, 6.45) is 2.23. The summed E-state index contributed by atoms with van der Waals surface area (Å²) >= 11 is 6.91. The highest BCUT2D eigenvalue weighted by atomic mass is 79.9. The number of carbonyl (C=O) groups is 3. The van der Waals surface area contributed by atoms with Crippen LogP contribution in [0.15, 0.2) is 69.1 Å². The van der Waals surface area contributed by atoms with E-state index in [4.69, 9.17) is 14.2 Å². The minimum Gasteiger partial charge on any atom is -0.490 e. The summed E-state index contributed by atoms with van der Waals surface area (Å²) < 4.78 is 31.8. The molecule has 1 fully saturated rings. The molecule has 41 heavy (non-hydrogen) atoms. The molecule has 214 valence electrons. The molecule has 8 nitrogen and oxygen atoms in total. The molecule has 3 aromatic rings. The van der Waals surface area contributed by atoms with Crippen molar-refractivity contribution in [1.29, 1.82) is 0 Å². The van der Waals surface area contributed by atoms with Crippen LogP contribution in [0.2, 0.25) is 0 Å². The average molecular weight is 690 g/mol. The maximum atomic E-state index is 13.5. The van der Waals surface area contributed by atoms with Crippen molar-refractivity contribution in [2.24, 2.45) is 0 Å². The van der Waals surface area contributed by atoms with E-state index in [1.165, 1.54) is 18.2 Å². The predicted octanol–water partition coefficient (Wildman–Crippen LogP) is 6.78. The van der Waals surface area contributed by atoms with Gasteiger partial charge in [-0.2, -0.15) is 0 Å². The van der Waals surface area contributed by atoms with Gasteiger partial charge in [0.1, 0.15) is 23.7 Å². The van der Waals surface area contributed by atoms with Gasteiger partial charge in [0.25, 0.3) is 11.8 Å². The zero-order valence-electron chi connectivity index (χ0n) is 22.3. The number of amides is 4. The van der Waals surface area contributed by atoms with Crippen LogP contribution >= 0.6 is 31.9 Å². The van der Waals surface area contributed by atoms with Crippen LogP contribution in [-0.2, 0) is 22.7 Å². The number of urea groups is 1. The first-order valence-electron chi connectivity index (χ1n) is 12.8. The first-order valence-corrected chi connectivity index (χ1v) is 14.4. The number of imide groups is 2. The lowest BCUT2D eigenvalue weighted by atomic mass is 10.1. The molecule has 0 aliphatic carbocycles. The molecule has 11 heteroatoms. The van der Waals surface area contributed by atoms with Gasteiger partial charge in [0.05, 0.1) is 28.7 Å². The summed E-state index contributed by atoms with van der Waals surface area (Å²) in [5, 5.41) is 2.24. The Morgan fingerprint density at radius 3 is 2.34 bits per heavy atom. The van der Waals surface area contributed by atoms with E-state index in [2.05, 4.69) is 37.2 Å². The molecule has 0 unspecified atom stereocenters. The molecule has 1 N–H and O–H groups in total. The maximum Gasteiger partial charge on any atom is 0.331 e. The standard InChI is InChI=1S/C30H27Br2FN2O6/c1-3-10-40-25-9-8-18(15-26(25)39-4-2)16-35-29(37)22(28(36)34-30(35)38)12-20-13-23(31)27(24(32)14-20)41-17-19-6-5-7-21(33)11-19/h5-9,11-15H,3-4,10,16-17H2,1-2H3,(H,34,36,38)/b22-12+. The molecular weight excluding hydrogens is 663 g/mol. The van der Waals surface area contributed by atoms with Gasteiger partial charge in [-0.05, 0) is 104 Å². The summed E-state index contributed by atoms with van der Waals surface area (Å²) in [5.74, 6) is -0.354. The summed E-state index contributed by atoms with van der Waals surface area (Å²) in [6, 6.07) is 13.8. The van der Waals surface area contributed by atoms with Crippen LogP contribution in [-0.4, -0.2) is 36.0 Å². The van der Waals surface area contributed by atoms with Gasteiger partial charge < -0.3 is 14.2 Å². The number of barbiturate groups is 1. The fourth-order valence-corrected chi connectivity index (χ4v) is 5.47. The van der Waals surface area contributed by atoms with Crippen molar-refractivity contribution in [2.45, 2.75) is 33.4 Å². The Labute approximate surface area is 253 Å². The number of halogens is 3. The van der Waals surface area contributed by atoms with E-state index >= 15 is 0 Å². The zero-order chi connectivity index (χ0) is 29.5. The number of hydrogen-bond acceptors (Lipinski definition) is 6. The van der Waals surface area contributed by atoms with Gasteiger partial charge in [0.15, 0.2) is 11.5 Å². The smallest absolute Gasteiger partial charge is 0.331 e. The van der Waals surface area contributed by atoms with Crippen molar-refractivity contribution in [1.82, 2.24) is 10.2 Å². The topological polar surface area (TPSA) is 94.2 Å². The monoisotopic (exact) mass is 688 g/mol. The van der Waals surface area contributed by atoms with Crippen molar-refractivity contribution in [2.75, 3.05) is 13.2 Å². The second-order valence-electron chi connectivity index (χ2n) is 9.00. The van der Waals surface area contributed by atoms with Crippen molar-refractivity contribution in [3.63, 3.8) is 0 Å². The zero-order valence-corrected chi connectivity index (χ0v) is 25.5. The van der Waals surface area contributed by atoms with Crippen LogP contribution in [0.5, 0.6) is 17.2 Å². The highest BCUT2D eigenvalue weighted by Crippen LogP contribution is 2.36. The van der Waals surface area contributed by atoms with E-state index in [1.54, 1.807) is 42.5 Å². The lowest BCUT2D eigenvalue weighted by Gasteiger charge is -2.26. The molecule has 1 heterocycles. The molecule has 0 atom stereocenters. The Morgan fingerprint density at radius 1 is 0.902 bits per heavy atom. The van der Waals surface area contributed by atoms with E-state index in [-0.39, 0.29) is 24.5 Å². The third kappa shape index (κ3) is 7.53. The second kappa shape index (κ2) is 13.8. The first kappa shape index (κ1) is 30.3. The lowest BCUT2D eigenvalue weighted by molar-refractivity contribution is -0.130. The fraction of sp³-hybridized carbons (Fsp3) is 0.233. The molecular formula is C30H27Br2FN2O6. The third-order valence-corrected chi connectivity index (χ3v) is 7.08. The lowest BCUT2D eigenvalue weighted by Crippen LogP contribution is -2.53. The summed E-state index contributed by atoms with van der Waals surface area (Å²) in [6.45, 7) is 4.83. The van der Waals surface area contributed by atoms with Gasteiger partial charge in [-0.25, -0.2) is 9.18 Å². The Balaban J connectivity index is 1.54. The summed E-state index contributed by atoms with van der Waals surface area (Å²) in [7, 11) is 0.